The molecule has 0 amide bonds. The summed E-state index contributed by atoms with van der Waals surface area (Å²) in [5.41, 5.74) is 14.3. The third-order valence-electron chi connectivity index (χ3n) is 4.16. The van der Waals surface area contributed by atoms with Crippen molar-refractivity contribution in [2.75, 3.05) is 5.73 Å². The maximum atomic E-state index is 6.17. The SMILES string of the molecule is [B]/C(=C/C=Cc1cccc2c1Cc1cccc(N)c1-2)CCC. The molecule has 0 spiro atoms. The Morgan fingerprint density at radius 1 is 1.23 bits per heavy atom. The van der Waals surface area contributed by atoms with Gasteiger partial charge in [-0.2, -0.15) is 0 Å². The average Bonchev–Trinajstić information content (AvgIpc) is 2.88. The van der Waals surface area contributed by atoms with Gasteiger partial charge < -0.3 is 5.73 Å². The molecule has 0 saturated carbocycles. The van der Waals surface area contributed by atoms with Crippen LogP contribution in [0.1, 0.15) is 36.5 Å². The van der Waals surface area contributed by atoms with Crippen LogP contribution in [0.15, 0.2) is 54.0 Å². The van der Waals surface area contributed by atoms with Crippen molar-refractivity contribution in [2.24, 2.45) is 0 Å². The van der Waals surface area contributed by atoms with Crippen molar-refractivity contribution < 1.29 is 0 Å². The van der Waals surface area contributed by atoms with Gasteiger partial charge in [-0.1, -0.05) is 61.9 Å². The minimum Gasteiger partial charge on any atom is -0.398 e. The summed E-state index contributed by atoms with van der Waals surface area (Å²) in [6.45, 7) is 2.14. The van der Waals surface area contributed by atoms with Crippen LogP contribution in [0.25, 0.3) is 17.2 Å². The van der Waals surface area contributed by atoms with Crippen LogP contribution in [0.5, 0.6) is 0 Å². The molecular weight excluding hydrogens is 265 g/mol. The van der Waals surface area contributed by atoms with Crippen LogP contribution in [-0.4, -0.2) is 7.85 Å². The summed E-state index contributed by atoms with van der Waals surface area (Å²) in [4.78, 5) is 0. The van der Waals surface area contributed by atoms with Crippen molar-refractivity contribution in [3.8, 4) is 11.1 Å². The van der Waals surface area contributed by atoms with Crippen LogP contribution in [0.2, 0.25) is 0 Å². The van der Waals surface area contributed by atoms with Crippen LogP contribution in [0, 0.1) is 0 Å². The first kappa shape index (κ1) is 14.7. The van der Waals surface area contributed by atoms with E-state index in [0.29, 0.717) is 0 Å². The summed E-state index contributed by atoms with van der Waals surface area (Å²) >= 11 is 0. The predicted octanol–water partition coefficient (Wildman–Crippen LogP) is 4.71. The number of rotatable bonds is 4. The molecule has 0 saturated heterocycles. The molecule has 1 aliphatic rings. The van der Waals surface area contributed by atoms with Crippen molar-refractivity contribution in [3.05, 3.63) is 70.7 Å². The molecular formula is C20H20BN. The van der Waals surface area contributed by atoms with Crippen molar-refractivity contribution in [3.63, 3.8) is 0 Å². The maximum absolute atomic E-state index is 6.17. The Labute approximate surface area is 134 Å². The van der Waals surface area contributed by atoms with E-state index >= 15 is 0 Å². The van der Waals surface area contributed by atoms with Gasteiger partial charge in [0.15, 0.2) is 0 Å². The molecule has 0 atom stereocenters. The molecule has 0 aliphatic heterocycles. The number of allylic oxidation sites excluding steroid dienone is 3. The van der Waals surface area contributed by atoms with E-state index < -0.39 is 0 Å². The standard InChI is InChI=1S/C20H20BN/c1-2-6-16(21)10-3-7-14-8-4-11-17-18(14)13-15-9-5-12-19(22)20(15)17/h3-5,7-12H,2,6,13,22H2,1H3/b7-3?,16-10+. The Morgan fingerprint density at radius 3 is 2.86 bits per heavy atom. The highest BCUT2D eigenvalue weighted by Crippen LogP contribution is 2.41. The quantitative estimate of drug-likeness (QED) is 0.419. The molecule has 2 aromatic rings. The molecule has 1 nitrogen and oxygen atoms in total. The van der Waals surface area contributed by atoms with Crippen LogP contribution < -0.4 is 5.73 Å². The van der Waals surface area contributed by atoms with Gasteiger partial charge in [0.25, 0.3) is 0 Å². The molecule has 0 fully saturated rings. The third kappa shape index (κ3) is 2.74. The molecule has 3 rings (SSSR count). The molecule has 1 aliphatic carbocycles. The summed E-state index contributed by atoms with van der Waals surface area (Å²) in [6, 6.07) is 12.6. The highest BCUT2D eigenvalue weighted by atomic mass is 14.6. The lowest BCUT2D eigenvalue weighted by atomic mass is 9.91. The Balaban J connectivity index is 1.95. The first-order valence-electron chi connectivity index (χ1n) is 7.83. The zero-order valence-corrected chi connectivity index (χ0v) is 13.0. The van der Waals surface area contributed by atoms with E-state index in [0.717, 1.165) is 30.4 Å². The zero-order valence-electron chi connectivity index (χ0n) is 13.0. The van der Waals surface area contributed by atoms with Crippen LogP contribution >= 0.6 is 0 Å². The van der Waals surface area contributed by atoms with E-state index in [1.807, 2.05) is 24.3 Å². The van der Waals surface area contributed by atoms with Crippen molar-refractivity contribution >= 4 is 19.6 Å². The highest BCUT2D eigenvalue weighted by Gasteiger charge is 2.21. The van der Waals surface area contributed by atoms with Gasteiger partial charge in [0.1, 0.15) is 7.85 Å². The summed E-state index contributed by atoms with van der Waals surface area (Å²) in [6.07, 6.45) is 9.16. The topological polar surface area (TPSA) is 26.0 Å². The first-order valence-corrected chi connectivity index (χ1v) is 7.83. The van der Waals surface area contributed by atoms with Gasteiger partial charge in [0.05, 0.1) is 0 Å². The second-order valence-electron chi connectivity index (χ2n) is 5.78. The molecule has 2 heteroatoms. The van der Waals surface area contributed by atoms with E-state index in [2.05, 4.69) is 37.3 Å². The van der Waals surface area contributed by atoms with E-state index in [-0.39, 0.29) is 0 Å². The Kier molecular flexibility index (Phi) is 4.19. The van der Waals surface area contributed by atoms with Gasteiger partial charge in [-0.25, -0.2) is 0 Å². The van der Waals surface area contributed by atoms with Gasteiger partial charge in [0.2, 0.25) is 0 Å². The third-order valence-corrected chi connectivity index (χ3v) is 4.16. The van der Waals surface area contributed by atoms with Crippen molar-refractivity contribution in [1.82, 2.24) is 0 Å². The first-order chi connectivity index (χ1) is 10.7. The van der Waals surface area contributed by atoms with Crippen LogP contribution in [0.4, 0.5) is 5.69 Å². The lowest BCUT2D eigenvalue weighted by Crippen LogP contribution is -1.89. The van der Waals surface area contributed by atoms with Crippen molar-refractivity contribution in [2.45, 2.75) is 26.2 Å². The number of hydrogen-bond acceptors (Lipinski definition) is 1. The fourth-order valence-electron chi connectivity index (χ4n) is 3.13. The largest absolute Gasteiger partial charge is 0.398 e. The Morgan fingerprint density at radius 2 is 2.05 bits per heavy atom. The normalized spacial score (nSPS) is 13.4. The van der Waals surface area contributed by atoms with Gasteiger partial charge in [0, 0.05) is 11.3 Å². The molecule has 2 radical (unpaired) electrons. The Hall–Kier alpha value is -2.22. The molecule has 0 bridgehead atoms. The predicted molar refractivity (Wildman–Crippen MR) is 96.9 cm³/mol. The molecule has 22 heavy (non-hydrogen) atoms. The van der Waals surface area contributed by atoms with E-state index in [1.165, 1.54) is 27.8 Å². The highest BCUT2D eigenvalue weighted by molar-refractivity contribution is 6.21. The fourth-order valence-corrected chi connectivity index (χ4v) is 3.13. The molecule has 2 N–H and O–H groups in total. The minimum absolute atomic E-state index is 0.865. The van der Waals surface area contributed by atoms with Crippen molar-refractivity contribution in [1.29, 1.82) is 0 Å². The minimum atomic E-state index is 0.865. The second-order valence-corrected chi connectivity index (χ2v) is 5.78. The summed E-state index contributed by atoms with van der Waals surface area (Å²) in [5, 5.41) is 0. The molecule has 0 unspecified atom stereocenters. The van der Waals surface area contributed by atoms with E-state index in [1.54, 1.807) is 0 Å². The van der Waals surface area contributed by atoms with Gasteiger partial charge in [-0.05, 0) is 41.2 Å². The number of nitrogens with two attached hydrogens (primary N) is 1. The van der Waals surface area contributed by atoms with E-state index in [4.69, 9.17) is 13.6 Å². The van der Waals surface area contributed by atoms with Crippen LogP contribution in [-0.2, 0) is 6.42 Å². The zero-order chi connectivity index (χ0) is 15.5. The molecule has 2 aromatic carbocycles. The number of fused-ring (bicyclic) bond motifs is 3. The van der Waals surface area contributed by atoms with Gasteiger partial charge in [-0.15, -0.1) is 5.47 Å². The Bertz CT molecular complexity index is 756. The summed E-state index contributed by atoms with van der Waals surface area (Å²) < 4.78 is 0. The average molecular weight is 285 g/mol. The monoisotopic (exact) mass is 285 g/mol. The molecule has 0 aromatic heterocycles. The van der Waals surface area contributed by atoms with E-state index in [9.17, 15) is 0 Å². The summed E-state index contributed by atoms with van der Waals surface area (Å²) in [5.74, 6) is 0. The van der Waals surface area contributed by atoms with Gasteiger partial charge in [-0.3, -0.25) is 0 Å². The van der Waals surface area contributed by atoms with Gasteiger partial charge >= 0.3 is 0 Å². The number of nitrogen functional groups attached to an aromatic ring is 1. The number of anilines is 1. The lowest BCUT2D eigenvalue weighted by Gasteiger charge is -2.06. The van der Waals surface area contributed by atoms with Crippen LogP contribution in [0.3, 0.4) is 0 Å². The number of benzene rings is 2. The molecule has 108 valence electrons. The maximum Gasteiger partial charge on any atom is 0.107 e. The lowest BCUT2D eigenvalue weighted by molar-refractivity contribution is 0.944. The smallest absolute Gasteiger partial charge is 0.107 e. The fraction of sp³-hybridized carbons (Fsp3) is 0.200. The second kappa shape index (κ2) is 6.27. The molecule has 0 heterocycles. The number of hydrogen-bond donors (Lipinski definition) is 1. The summed E-state index contributed by atoms with van der Waals surface area (Å²) in [7, 11) is 5.94.